The summed E-state index contributed by atoms with van der Waals surface area (Å²) >= 11 is 0. The van der Waals surface area contributed by atoms with Crippen molar-refractivity contribution in [2.45, 2.75) is 19.1 Å². The average Bonchev–Trinajstić information content (AvgIpc) is 2.82. The van der Waals surface area contributed by atoms with Crippen LogP contribution in [0.3, 0.4) is 0 Å². The predicted molar refractivity (Wildman–Crippen MR) is 136 cm³/mol. The minimum absolute atomic E-state index is 0.0344. The molecule has 2 amide bonds. The lowest BCUT2D eigenvalue weighted by Crippen LogP contribution is -2.52. The zero-order chi connectivity index (χ0) is 27.0. The number of rotatable bonds is 7. The van der Waals surface area contributed by atoms with Crippen LogP contribution in [-0.4, -0.2) is 87.1 Å². The number of nitrogens with two attached hydrogens (primary N) is 1. The van der Waals surface area contributed by atoms with E-state index >= 15 is 0 Å². The van der Waals surface area contributed by atoms with E-state index in [1.807, 2.05) is 0 Å². The first-order chi connectivity index (χ1) is 17.3. The van der Waals surface area contributed by atoms with E-state index in [2.05, 4.69) is 15.0 Å². The Kier molecular flexibility index (Phi) is 7.21. The Hall–Kier alpha value is -3.56. The number of hydrogen-bond acceptors (Lipinski definition) is 10. The normalized spacial score (nSPS) is 17.4. The molecule has 3 aromatic rings. The second-order valence-electron chi connectivity index (χ2n) is 8.52. The molecule has 3 heterocycles. The summed E-state index contributed by atoms with van der Waals surface area (Å²) in [7, 11) is -8.15. The number of sulfonamides is 2. The Morgan fingerprint density at radius 3 is 2.41 bits per heavy atom. The van der Waals surface area contributed by atoms with Crippen molar-refractivity contribution in [3.8, 4) is 17.1 Å². The first-order valence-electron chi connectivity index (χ1n) is 11.1. The smallest absolute Gasteiger partial charge is 0.314 e. The lowest BCUT2D eigenvalue weighted by atomic mass is 10.1. The summed E-state index contributed by atoms with van der Waals surface area (Å²) < 4.78 is 60.6. The maximum Gasteiger partial charge on any atom is 0.314 e. The van der Waals surface area contributed by atoms with Gasteiger partial charge in [-0.25, -0.2) is 31.6 Å². The topological polar surface area (TPSA) is 175 Å². The molecule has 37 heavy (non-hydrogen) atoms. The summed E-state index contributed by atoms with van der Waals surface area (Å²) in [5.74, 6) is 0.186. The van der Waals surface area contributed by atoms with E-state index in [-0.39, 0.29) is 18.1 Å². The molecular formula is C22H26N6O7S2. The third-order valence-corrected chi connectivity index (χ3v) is 8.88. The van der Waals surface area contributed by atoms with Gasteiger partial charge in [0.15, 0.2) is 5.52 Å². The number of fused-ring (bicyclic) bond motifs is 1. The minimum atomic E-state index is -4.08. The number of carbonyl (C=O) groups is 1. The van der Waals surface area contributed by atoms with Crippen LogP contribution in [0.25, 0.3) is 22.3 Å². The summed E-state index contributed by atoms with van der Waals surface area (Å²) in [4.78, 5) is 26.3. The molecule has 2 N–H and O–H groups in total. The SMILES string of the molecule is C[C@H](Oc1nc(-c2ccc(N(S(C)(=O)=O)S(C)(=O)=O)cc2)cc2nccnc12)[C@@H]1CN(C(N)=O)CCO1. The van der Waals surface area contributed by atoms with Gasteiger partial charge in [-0.05, 0) is 25.1 Å². The second-order valence-corrected chi connectivity index (χ2v) is 12.4. The van der Waals surface area contributed by atoms with E-state index in [1.165, 1.54) is 29.4 Å². The molecule has 0 aliphatic carbocycles. The number of pyridine rings is 1. The van der Waals surface area contributed by atoms with E-state index in [9.17, 15) is 21.6 Å². The fourth-order valence-corrected chi connectivity index (χ4v) is 6.94. The van der Waals surface area contributed by atoms with Gasteiger partial charge in [0.2, 0.25) is 25.9 Å². The highest BCUT2D eigenvalue weighted by molar-refractivity contribution is 8.09. The molecule has 4 rings (SSSR count). The quantitative estimate of drug-likeness (QED) is 0.446. The Bertz CT molecular complexity index is 1500. The molecule has 198 valence electrons. The van der Waals surface area contributed by atoms with E-state index in [0.717, 1.165) is 12.5 Å². The Morgan fingerprint density at radius 2 is 1.78 bits per heavy atom. The fourth-order valence-electron chi connectivity index (χ4n) is 3.97. The molecule has 1 aliphatic rings. The summed E-state index contributed by atoms with van der Waals surface area (Å²) in [6.45, 7) is 2.76. The highest BCUT2D eigenvalue weighted by Crippen LogP contribution is 2.30. The van der Waals surface area contributed by atoms with Crippen LogP contribution < -0.4 is 14.2 Å². The molecule has 1 fully saturated rings. The number of primary amides is 1. The van der Waals surface area contributed by atoms with Gasteiger partial charge in [-0.2, -0.15) is 3.71 Å². The maximum atomic E-state index is 12.1. The van der Waals surface area contributed by atoms with Crippen molar-refractivity contribution in [3.05, 3.63) is 42.7 Å². The van der Waals surface area contributed by atoms with Crippen LogP contribution in [0.2, 0.25) is 0 Å². The number of nitrogens with zero attached hydrogens (tertiary/aromatic N) is 5. The first kappa shape index (κ1) is 26.5. The molecule has 2 aromatic heterocycles. The van der Waals surface area contributed by atoms with E-state index in [1.54, 1.807) is 25.1 Å². The number of ether oxygens (including phenoxy) is 2. The lowest BCUT2D eigenvalue weighted by Gasteiger charge is -2.34. The van der Waals surface area contributed by atoms with Crippen LogP contribution in [0.4, 0.5) is 10.5 Å². The molecule has 1 aliphatic heterocycles. The maximum absolute atomic E-state index is 12.1. The number of carbonyl (C=O) groups excluding carboxylic acids is 1. The molecule has 2 atom stereocenters. The first-order valence-corrected chi connectivity index (χ1v) is 14.8. The number of anilines is 1. The van der Waals surface area contributed by atoms with Crippen molar-refractivity contribution in [3.63, 3.8) is 0 Å². The van der Waals surface area contributed by atoms with Crippen molar-refractivity contribution in [2.24, 2.45) is 5.73 Å². The molecule has 1 aromatic carbocycles. The fraction of sp³-hybridized carbons (Fsp3) is 0.364. The van der Waals surface area contributed by atoms with Crippen LogP contribution in [0.1, 0.15) is 6.92 Å². The molecule has 0 unspecified atom stereocenters. The number of benzene rings is 1. The van der Waals surface area contributed by atoms with Crippen LogP contribution in [0.5, 0.6) is 5.88 Å². The number of hydrogen-bond donors (Lipinski definition) is 1. The van der Waals surface area contributed by atoms with Gasteiger partial charge in [0.25, 0.3) is 0 Å². The summed E-state index contributed by atoms with van der Waals surface area (Å²) in [5, 5.41) is 0. The minimum Gasteiger partial charge on any atom is -0.470 e. The number of morpholine rings is 1. The molecular weight excluding hydrogens is 524 g/mol. The predicted octanol–water partition coefficient (Wildman–Crippen LogP) is 0.964. The highest BCUT2D eigenvalue weighted by atomic mass is 32.3. The van der Waals surface area contributed by atoms with Gasteiger partial charge >= 0.3 is 6.03 Å². The summed E-state index contributed by atoms with van der Waals surface area (Å²) in [6.07, 6.45) is 3.69. The van der Waals surface area contributed by atoms with Crippen LogP contribution in [0.15, 0.2) is 42.7 Å². The van der Waals surface area contributed by atoms with E-state index in [0.29, 0.717) is 39.2 Å². The number of urea groups is 1. The third kappa shape index (κ3) is 5.89. The van der Waals surface area contributed by atoms with Gasteiger partial charge in [-0.15, -0.1) is 0 Å². The highest BCUT2D eigenvalue weighted by Gasteiger charge is 2.30. The van der Waals surface area contributed by atoms with Crippen LogP contribution in [-0.2, 0) is 24.8 Å². The van der Waals surface area contributed by atoms with Crippen molar-refractivity contribution in [2.75, 3.05) is 35.9 Å². The summed E-state index contributed by atoms with van der Waals surface area (Å²) in [5.41, 5.74) is 7.28. The Labute approximate surface area is 214 Å². The standard InChI is InChI=1S/C22H26N6O7S2/c1-14(19-13-27(22(23)29)10-11-34-19)35-21-20-18(24-8-9-25-20)12-17(26-21)15-4-6-16(7-5-15)28(36(2,30)31)37(3,32)33/h4-9,12,14,19H,10-11,13H2,1-3H3,(H2,23,29)/t14-,19-/m0/s1. The van der Waals surface area contributed by atoms with Crippen LogP contribution >= 0.6 is 0 Å². The van der Waals surface area contributed by atoms with Crippen molar-refractivity contribution >= 4 is 42.8 Å². The molecule has 15 heteroatoms. The average molecular weight is 551 g/mol. The molecule has 0 saturated carbocycles. The molecule has 0 radical (unpaired) electrons. The lowest BCUT2D eigenvalue weighted by molar-refractivity contribution is -0.0640. The monoisotopic (exact) mass is 550 g/mol. The molecule has 0 spiro atoms. The molecule has 0 bridgehead atoms. The van der Waals surface area contributed by atoms with Gasteiger partial charge in [0.05, 0.1) is 42.6 Å². The van der Waals surface area contributed by atoms with Crippen molar-refractivity contribution in [1.82, 2.24) is 19.9 Å². The van der Waals surface area contributed by atoms with Gasteiger partial charge < -0.3 is 20.1 Å². The number of amides is 2. The number of aromatic nitrogens is 3. The van der Waals surface area contributed by atoms with Crippen molar-refractivity contribution < 1.29 is 31.1 Å². The van der Waals surface area contributed by atoms with Crippen molar-refractivity contribution in [1.29, 1.82) is 0 Å². The Balaban J connectivity index is 1.68. The molecule has 1 saturated heterocycles. The zero-order valence-electron chi connectivity index (χ0n) is 20.3. The Morgan fingerprint density at radius 1 is 1.14 bits per heavy atom. The second kappa shape index (κ2) is 10.1. The van der Waals surface area contributed by atoms with Gasteiger partial charge in [-0.3, -0.25) is 4.98 Å². The zero-order valence-corrected chi connectivity index (χ0v) is 21.9. The van der Waals surface area contributed by atoms with E-state index in [4.69, 9.17) is 15.2 Å². The largest absolute Gasteiger partial charge is 0.470 e. The molecule has 13 nitrogen and oxygen atoms in total. The third-order valence-electron chi connectivity index (χ3n) is 5.63. The van der Waals surface area contributed by atoms with Crippen LogP contribution in [0, 0.1) is 0 Å². The van der Waals surface area contributed by atoms with Gasteiger partial charge in [0, 0.05) is 24.5 Å². The van der Waals surface area contributed by atoms with E-state index < -0.39 is 38.3 Å². The van der Waals surface area contributed by atoms with Gasteiger partial charge in [-0.1, -0.05) is 12.1 Å². The summed E-state index contributed by atoms with van der Waals surface area (Å²) in [6, 6.07) is 6.99. The van der Waals surface area contributed by atoms with Gasteiger partial charge in [0.1, 0.15) is 12.2 Å².